The number of thiazole rings is 1. The van der Waals surface area contributed by atoms with Crippen molar-refractivity contribution in [3.8, 4) is 5.75 Å². The fraction of sp³-hybridized carbons (Fsp3) is 0.182. The number of ether oxygens (including phenoxy) is 1. The van der Waals surface area contributed by atoms with Crippen LogP contribution in [0.25, 0.3) is 0 Å². The summed E-state index contributed by atoms with van der Waals surface area (Å²) in [5.74, 6) is 0.549. The summed E-state index contributed by atoms with van der Waals surface area (Å²) in [7, 11) is -3.63. The average Bonchev–Trinajstić information content (AvgIpc) is 2.90. The molecule has 100 valence electrons. The number of nitrogens with zero attached hydrogens (tertiary/aromatic N) is 1. The lowest BCUT2D eigenvalue weighted by Crippen LogP contribution is -2.19. The van der Waals surface area contributed by atoms with Crippen LogP contribution < -0.4 is 14.8 Å². The van der Waals surface area contributed by atoms with E-state index in [0.717, 1.165) is 12.2 Å². The molecule has 0 unspecified atom stereocenters. The van der Waals surface area contributed by atoms with E-state index in [2.05, 4.69) is 15.0 Å². The molecular formula is C11H11N3O3S2. The van der Waals surface area contributed by atoms with Crippen LogP contribution >= 0.6 is 11.3 Å². The van der Waals surface area contributed by atoms with E-state index in [1.807, 2.05) is 0 Å². The molecule has 2 heterocycles. The molecule has 0 saturated carbocycles. The number of benzene rings is 1. The molecule has 2 N–H and O–H groups in total. The van der Waals surface area contributed by atoms with Gasteiger partial charge in [0, 0.05) is 24.2 Å². The van der Waals surface area contributed by atoms with Gasteiger partial charge < -0.3 is 10.1 Å². The largest absolute Gasteiger partial charge is 0.490 e. The molecule has 1 aromatic heterocycles. The maximum atomic E-state index is 12.2. The summed E-state index contributed by atoms with van der Waals surface area (Å²) in [6.45, 7) is 1.24. The lowest BCUT2D eigenvalue weighted by molar-refractivity contribution is 0.322. The monoisotopic (exact) mass is 297 g/mol. The van der Waals surface area contributed by atoms with Crippen molar-refractivity contribution >= 4 is 32.2 Å². The summed E-state index contributed by atoms with van der Waals surface area (Å²) in [6.07, 6.45) is 1.54. The molecule has 0 radical (unpaired) electrons. The van der Waals surface area contributed by atoms with Crippen molar-refractivity contribution in [3.05, 3.63) is 29.8 Å². The molecule has 0 atom stereocenters. The smallest absolute Gasteiger partial charge is 0.263 e. The Bertz CT molecular complexity index is 683. The molecule has 1 aliphatic rings. The minimum Gasteiger partial charge on any atom is -0.490 e. The zero-order valence-electron chi connectivity index (χ0n) is 9.79. The fourth-order valence-corrected chi connectivity index (χ4v) is 3.53. The van der Waals surface area contributed by atoms with Gasteiger partial charge in [-0.25, -0.2) is 13.4 Å². The Kier molecular flexibility index (Phi) is 3.03. The second-order valence-corrected chi connectivity index (χ2v) is 6.45. The third-order valence-electron chi connectivity index (χ3n) is 2.59. The number of nitrogens with one attached hydrogen (secondary N) is 2. The Hall–Kier alpha value is -1.80. The fourth-order valence-electron chi connectivity index (χ4n) is 1.73. The number of hydrogen-bond donors (Lipinski definition) is 2. The van der Waals surface area contributed by atoms with Crippen molar-refractivity contribution in [3.63, 3.8) is 0 Å². The summed E-state index contributed by atoms with van der Waals surface area (Å²) < 4.78 is 32.2. The third-order valence-corrected chi connectivity index (χ3v) is 4.75. The average molecular weight is 297 g/mol. The van der Waals surface area contributed by atoms with E-state index < -0.39 is 10.0 Å². The molecule has 2 aromatic rings. The van der Waals surface area contributed by atoms with Gasteiger partial charge in [-0.2, -0.15) is 0 Å². The van der Waals surface area contributed by atoms with Crippen LogP contribution in [0.3, 0.4) is 0 Å². The molecule has 0 bridgehead atoms. The minimum atomic E-state index is -3.63. The van der Waals surface area contributed by atoms with Gasteiger partial charge in [0.2, 0.25) is 0 Å². The van der Waals surface area contributed by atoms with Crippen LogP contribution in [0.2, 0.25) is 0 Å². The molecule has 0 spiro atoms. The van der Waals surface area contributed by atoms with Gasteiger partial charge in [-0.1, -0.05) is 0 Å². The number of fused-ring (bicyclic) bond motifs is 1. The maximum absolute atomic E-state index is 12.2. The van der Waals surface area contributed by atoms with E-state index in [0.29, 0.717) is 17.5 Å². The topological polar surface area (TPSA) is 80.3 Å². The number of rotatable bonds is 3. The highest BCUT2D eigenvalue weighted by Gasteiger charge is 2.19. The Balaban J connectivity index is 1.93. The van der Waals surface area contributed by atoms with Gasteiger partial charge in [-0.05, 0) is 12.1 Å². The second kappa shape index (κ2) is 4.71. The summed E-state index contributed by atoms with van der Waals surface area (Å²) in [6, 6.07) is 4.75. The first-order valence-corrected chi connectivity index (χ1v) is 7.94. The third kappa shape index (κ3) is 2.49. The first-order valence-electron chi connectivity index (χ1n) is 5.58. The first kappa shape index (κ1) is 12.2. The predicted molar refractivity (Wildman–Crippen MR) is 73.3 cm³/mol. The lowest BCUT2D eigenvalue weighted by Gasteiger charge is -2.19. The van der Waals surface area contributed by atoms with Crippen LogP contribution in [0.1, 0.15) is 0 Å². The Morgan fingerprint density at radius 2 is 2.32 bits per heavy atom. The number of sulfonamides is 1. The van der Waals surface area contributed by atoms with E-state index >= 15 is 0 Å². The van der Waals surface area contributed by atoms with Gasteiger partial charge >= 0.3 is 0 Å². The van der Waals surface area contributed by atoms with Gasteiger partial charge in [-0.15, -0.1) is 11.3 Å². The molecule has 1 aliphatic heterocycles. The lowest BCUT2D eigenvalue weighted by atomic mass is 10.2. The van der Waals surface area contributed by atoms with Gasteiger partial charge in [0.25, 0.3) is 10.0 Å². The van der Waals surface area contributed by atoms with Crippen molar-refractivity contribution in [1.82, 2.24) is 4.98 Å². The molecule has 1 aromatic carbocycles. The van der Waals surface area contributed by atoms with Crippen molar-refractivity contribution in [2.24, 2.45) is 0 Å². The normalized spacial score (nSPS) is 14.1. The van der Waals surface area contributed by atoms with Gasteiger partial charge in [0.1, 0.15) is 12.4 Å². The van der Waals surface area contributed by atoms with Crippen molar-refractivity contribution < 1.29 is 13.2 Å². The van der Waals surface area contributed by atoms with Crippen LogP contribution in [0.4, 0.5) is 10.8 Å². The van der Waals surface area contributed by atoms with E-state index in [-0.39, 0.29) is 4.90 Å². The zero-order valence-corrected chi connectivity index (χ0v) is 11.4. The molecule has 19 heavy (non-hydrogen) atoms. The predicted octanol–water partition coefficient (Wildman–Crippen LogP) is 1.75. The summed E-state index contributed by atoms with van der Waals surface area (Å²) in [4.78, 5) is 4.06. The van der Waals surface area contributed by atoms with E-state index in [9.17, 15) is 8.42 Å². The quantitative estimate of drug-likeness (QED) is 0.902. The van der Waals surface area contributed by atoms with Crippen LogP contribution in [-0.2, 0) is 10.0 Å². The van der Waals surface area contributed by atoms with Crippen LogP contribution in [0.5, 0.6) is 5.75 Å². The SMILES string of the molecule is O=S(=O)(Nc1nccs1)c1ccc2c(c1)OCCN2. The number of aromatic nitrogens is 1. The minimum absolute atomic E-state index is 0.158. The van der Waals surface area contributed by atoms with Crippen LogP contribution in [0, 0.1) is 0 Å². The highest BCUT2D eigenvalue weighted by atomic mass is 32.2. The number of anilines is 2. The molecule has 0 amide bonds. The summed E-state index contributed by atoms with van der Waals surface area (Å²) >= 11 is 1.23. The van der Waals surface area contributed by atoms with E-state index in [1.54, 1.807) is 17.6 Å². The van der Waals surface area contributed by atoms with Crippen molar-refractivity contribution in [2.75, 3.05) is 23.2 Å². The molecule has 0 fully saturated rings. The van der Waals surface area contributed by atoms with Crippen molar-refractivity contribution in [1.29, 1.82) is 0 Å². The number of hydrogen-bond acceptors (Lipinski definition) is 6. The van der Waals surface area contributed by atoms with Gasteiger partial charge in [0.05, 0.1) is 10.6 Å². The van der Waals surface area contributed by atoms with Gasteiger partial charge in [0.15, 0.2) is 5.13 Å². The maximum Gasteiger partial charge on any atom is 0.263 e. The van der Waals surface area contributed by atoms with E-state index in [4.69, 9.17) is 4.74 Å². The van der Waals surface area contributed by atoms with Crippen LogP contribution in [0.15, 0.2) is 34.7 Å². The Morgan fingerprint density at radius 3 is 3.11 bits per heavy atom. The molecule has 3 rings (SSSR count). The Labute approximate surface area is 114 Å². The van der Waals surface area contributed by atoms with Gasteiger partial charge in [-0.3, -0.25) is 4.72 Å². The summed E-state index contributed by atoms with van der Waals surface area (Å²) in [5, 5.41) is 5.19. The molecular weight excluding hydrogens is 286 g/mol. The standard InChI is InChI=1S/C11H11N3O3S2/c15-19(16,14-11-13-4-6-18-11)8-1-2-9-10(7-8)17-5-3-12-9/h1-2,4,6-7,12H,3,5H2,(H,13,14). The zero-order chi connectivity index (χ0) is 13.3. The van der Waals surface area contributed by atoms with Crippen LogP contribution in [-0.4, -0.2) is 26.6 Å². The first-order chi connectivity index (χ1) is 9.15. The molecule has 8 heteroatoms. The van der Waals surface area contributed by atoms with Crippen molar-refractivity contribution in [2.45, 2.75) is 4.90 Å². The Morgan fingerprint density at radius 1 is 1.42 bits per heavy atom. The second-order valence-electron chi connectivity index (χ2n) is 3.88. The molecule has 6 nitrogen and oxygen atoms in total. The molecule has 0 saturated heterocycles. The molecule has 0 aliphatic carbocycles. The highest BCUT2D eigenvalue weighted by molar-refractivity contribution is 7.93. The van der Waals surface area contributed by atoms with E-state index in [1.165, 1.54) is 23.5 Å². The summed E-state index contributed by atoms with van der Waals surface area (Å²) in [5.41, 5.74) is 0.805. The highest BCUT2D eigenvalue weighted by Crippen LogP contribution is 2.30.